The topological polar surface area (TPSA) is 294 Å². The smallest absolute Gasteiger partial charge is 0.480 e. The molecule has 3 amide bonds. The first kappa shape index (κ1) is 62.7. The van der Waals surface area contributed by atoms with E-state index in [1.807, 2.05) is 48.8 Å². The summed E-state index contributed by atoms with van der Waals surface area (Å²) in [5, 5.41) is 35.7. The number of nitrogens with zero attached hydrogens (tertiary/aromatic N) is 5. The largest absolute Gasteiger partial charge is 2.00 e. The third-order valence-corrected chi connectivity index (χ3v) is 13.9. The molecule has 0 aliphatic carbocycles. The number of aromatic nitrogens is 4. The Labute approximate surface area is 470 Å². The Morgan fingerprint density at radius 2 is 1.53 bits per heavy atom. The van der Waals surface area contributed by atoms with Gasteiger partial charge in [0.1, 0.15) is 0 Å². The molecular weight excluding hydrogens is 1110 g/mol. The van der Waals surface area contributed by atoms with E-state index in [0.29, 0.717) is 102 Å². The Morgan fingerprint density at radius 1 is 0.867 bits per heavy atom. The second kappa shape index (κ2) is 30.8. The number of aliphatic carboxylic acids is 1. The Kier molecular flexibility index (Phi) is 25.8. The van der Waals surface area contributed by atoms with Gasteiger partial charge in [0.05, 0.1) is 55.5 Å². The summed E-state index contributed by atoms with van der Waals surface area (Å²) in [5.41, 5.74) is 7.68. The van der Waals surface area contributed by atoms with Crippen LogP contribution < -0.4 is 16.0 Å². The Morgan fingerprint density at radius 3 is 2.17 bits per heavy atom. The molecule has 0 fully saturated rings. The molecule has 22 nitrogen and oxygen atoms in total. The molecule has 2 aliphatic heterocycles. The van der Waals surface area contributed by atoms with Crippen molar-refractivity contribution >= 4 is 57.5 Å². The summed E-state index contributed by atoms with van der Waals surface area (Å²) in [5.74, 6) is -3.37. The van der Waals surface area contributed by atoms with Gasteiger partial charge in [-0.25, -0.2) is 4.89 Å². The number of aromatic amines is 2. The van der Waals surface area contributed by atoms with Crippen LogP contribution in [0.5, 0.6) is 0 Å². The van der Waals surface area contributed by atoms with Gasteiger partial charge in [0.2, 0.25) is 11.8 Å². The SMILES string of the molecule is [CH2-]CN(CCN(C[CH-]OO)CCOO)CCN(CC(=O)O)CC(=O)NCCCNC(=O)c1c(C)c2cc3nc(cc4[nH]c(cc5nc(c(CC(=O)OC)c1[nH]2)[C@@H](CCC(=O)NC)C5C)c(C)c4C(C)=O)C[C@H]3CC.[Gd+2]. The second-order valence-electron chi connectivity index (χ2n) is 18.8. The fourth-order valence-corrected chi connectivity index (χ4v) is 9.65. The third-order valence-electron chi connectivity index (χ3n) is 13.9. The summed E-state index contributed by atoms with van der Waals surface area (Å²) in [6, 6.07) is 5.77. The monoisotopic (exact) mass is 1190 g/mol. The van der Waals surface area contributed by atoms with E-state index in [1.54, 1.807) is 7.05 Å². The molecule has 0 radical (unpaired) electrons. The van der Waals surface area contributed by atoms with Crippen molar-refractivity contribution < 1.29 is 98.8 Å². The number of hydrogen-bond acceptors (Lipinski definition) is 16. The van der Waals surface area contributed by atoms with Gasteiger partial charge < -0.3 is 57.4 Å². The quantitative estimate of drug-likeness (QED) is 0.0121. The van der Waals surface area contributed by atoms with Crippen molar-refractivity contribution in [2.45, 2.75) is 90.9 Å². The summed E-state index contributed by atoms with van der Waals surface area (Å²) in [7, 11) is 2.86. The number of methoxy groups -OCH3 is 1. The molecule has 3 aromatic rings. The van der Waals surface area contributed by atoms with Gasteiger partial charge in [-0.3, -0.25) is 54.1 Å². The zero-order valence-corrected chi connectivity index (χ0v) is 46.4. The molecule has 8 N–H and O–H groups in total. The minimum atomic E-state index is -1.10. The molecule has 3 atom stereocenters. The number of fused-ring (bicyclic) bond motifs is 8. The van der Waals surface area contributed by atoms with Crippen molar-refractivity contribution in [3.63, 3.8) is 0 Å². The van der Waals surface area contributed by atoms with Crippen molar-refractivity contribution in [1.82, 2.24) is 50.6 Å². The molecular formula is C52H74GdN10O12. The van der Waals surface area contributed by atoms with E-state index >= 15 is 0 Å². The number of aryl methyl sites for hydroxylation is 2. The van der Waals surface area contributed by atoms with Crippen molar-refractivity contribution in [1.29, 1.82) is 0 Å². The van der Waals surface area contributed by atoms with E-state index in [1.165, 1.54) is 25.5 Å². The Balaban J connectivity index is 0.0000122. The van der Waals surface area contributed by atoms with Crippen molar-refractivity contribution in [2.24, 2.45) is 0 Å². The number of H-pyrrole nitrogens is 2. The predicted molar refractivity (Wildman–Crippen MR) is 276 cm³/mol. The number of amides is 3. The van der Waals surface area contributed by atoms with Crippen LogP contribution in [0.3, 0.4) is 0 Å². The zero-order chi connectivity index (χ0) is 54.1. The van der Waals surface area contributed by atoms with Crippen LogP contribution in [-0.4, -0.2) is 178 Å². The van der Waals surface area contributed by atoms with Gasteiger partial charge >= 0.3 is 51.9 Å². The van der Waals surface area contributed by atoms with E-state index < -0.39 is 23.8 Å². The standard InChI is InChI=1S/C52H74N10O12.Gd/c1-9-35-24-36-25-43-48(34(6)63)32(4)40(57-43)27-39-31(3)37(12-13-44(64)53-7)50(58-39)38(26-47(68)72-8)51-49(33(5)41(59-51)28-42(35)56-36)52(69)55-15-11-14-54-45(65)29-62(30-46(66)67)19-17-60(10-2)16-18-61(20-22-73-70)21-23-74-71;/h22,25,27-28,31,35,37,57,59,70-71H,2,9-21,23-24,26,29-30H2,1,3-8H3,(H,53,64)(H,54,65)(H,55,69)(H,66,67);/q-2;+2/t31?,35-,37+;/m1./s1. The van der Waals surface area contributed by atoms with E-state index in [2.05, 4.69) is 49.5 Å². The van der Waals surface area contributed by atoms with Crippen LogP contribution in [0.2, 0.25) is 0 Å². The van der Waals surface area contributed by atoms with Gasteiger partial charge in [0.25, 0.3) is 5.91 Å². The molecule has 3 aromatic heterocycles. The molecule has 0 spiro atoms. The van der Waals surface area contributed by atoms with Crippen molar-refractivity contribution in [3.05, 3.63) is 82.3 Å². The summed E-state index contributed by atoms with van der Waals surface area (Å²) < 4.78 is 5.24. The van der Waals surface area contributed by atoms with Gasteiger partial charge in [0, 0.05) is 116 Å². The number of carbonyl (C=O) groups is 6. The number of carboxylic acid groups (broad SMARTS) is 1. The molecule has 75 heavy (non-hydrogen) atoms. The van der Waals surface area contributed by atoms with Crippen LogP contribution in [0.15, 0.2) is 18.2 Å². The van der Waals surface area contributed by atoms with Gasteiger partial charge in [-0.2, -0.15) is 6.61 Å². The number of carbonyl (C=O) groups excluding carboxylic acids is 5. The van der Waals surface area contributed by atoms with Crippen LogP contribution in [0.1, 0.15) is 124 Å². The fraction of sp³-hybridized carbons (Fsp3) is 0.538. The van der Waals surface area contributed by atoms with Gasteiger partial charge in [0.15, 0.2) is 5.78 Å². The molecule has 412 valence electrons. The Hall–Kier alpha value is -4.82. The Bertz CT molecular complexity index is 2630. The fourth-order valence-electron chi connectivity index (χ4n) is 9.65. The molecule has 0 aromatic carbocycles. The van der Waals surface area contributed by atoms with Crippen molar-refractivity contribution in [3.8, 4) is 0 Å². The van der Waals surface area contributed by atoms with Crippen molar-refractivity contribution in [2.75, 3.05) is 92.8 Å². The first-order valence-corrected chi connectivity index (χ1v) is 25.1. The zero-order valence-electron chi connectivity index (χ0n) is 44.1. The number of esters is 1. The molecule has 5 heterocycles. The first-order valence-electron chi connectivity index (χ1n) is 25.1. The summed E-state index contributed by atoms with van der Waals surface area (Å²) in [6.45, 7) is 17.0. The second-order valence-corrected chi connectivity index (χ2v) is 18.8. The predicted octanol–water partition coefficient (Wildman–Crippen LogP) is 4.20. The van der Waals surface area contributed by atoms with Gasteiger partial charge in [-0.1, -0.05) is 13.8 Å². The number of hydrogen-bond donors (Lipinski definition) is 8. The molecule has 23 heteroatoms. The number of rotatable bonds is 29. The van der Waals surface area contributed by atoms with Crippen LogP contribution >= 0.6 is 0 Å². The van der Waals surface area contributed by atoms with E-state index in [-0.39, 0.29) is 134 Å². The molecule has 5 rings (SSSR count). The summed E-state index contributed by atoms with van der Waals surface area (Å²) in [4.78, 5) is 110. The van der Waals surface area contributed by atoms with E-state index in [0.717, 1.165) is 23.4 Å². The summed E-state index contributed by atoms with van der Waals surface area (Å²) >= 11 is 0. The van der Waals surface area contributed by atoms with Gasteiger partial charge in [-0.05, 0) is 75.8 Å². The summed E-state index contributed by atoms with van der Waals surface area (Å²) in [6.07, 6.45) is 2.00. The normalized spacial score (nSPS) is 15.2. The third kappa shape index (κ3) is 17.3. The van der Waals surface area contributed by atoms with E-state index in [4.69, 9.17) is 25.2 Å². The van der Waals surface area contributed by atoms with Gasteiger partial charge in [-0.15, -0.1) is 13.1 Å². The van der Waals surface area contributed by atoms with E-state index in [9.17, 15) is 33.9 Å². The molecule has 0 saturated carbocycles. The molecule has 2 aliphatic rings. The van der Waals surface area contributed by atoms with Crippen LogP contribution in [0, 0.1) is 67.3 Å². The number of carboxylic acids is 1. The minimum Gasteiger partial charge on any atom is -0.480 e. The number of ketones is 1. The van der Waals surface area contributed by atoms with Crippen LogP contribution in [-0.2, 0) is 46.5 Å². The number of Topliss-reactive ketones (excluding diaryl/α,β-unsaturated/α-hetero) is 1. The number of ether oxygens (including phenoxy) is 1. The number of nitrogens with one attached hydrogen (secondary N) is 5. The molecule has 0 saturated heterocycles. The maximum absolute atomic E-state index is 14.6. The maximum Gasteiger partial charge on any atom is 2.00 e. The van der Waals surface area contributed by atoms with Crippen LogP contribution in [0.25, 0.3) is 22.1 Å². The molecule has 1 unspecified atom stereocenters. The van der Waals surface area contributed by atoms with Crippen LogP contribution in [0.4, 0.5) is 0 Å². The average molecular weight is 1190 g/mol. The first-order chi connectivity index (χ1) is 35.5. The molecule has 8 bridgehead atoms. The maximum atomic E-state index is 14.6. The average Bonchev–Trinajstić information content (AvgIpc) is 4.10. The minimum absolute atomic E-state index is 0.